The van der Waals surface area contributed by atoms with E-state index >= 15 is 0 Å². The summed E-state index contributed by atoms with van der Waals surface area (Å²) in [5.74, 6) is -1.15. The normalized spacial score (nSPS) is 10.2. The Bertz CT molecular complexity index is 365. The van der Waals surface area contributed by atoms with Gasteiger partial charge in [0.25, 0.3) is 0 Å². The molecule has 0 spiro atoms. The highest BCUT2D eigenvalue weighted by molar-refractivity contribution is 6.33. The Balaban J connectivity index is 2.24. The van der Waals surface area contributed by atoms with Gasteiger partial charge in [0.2, 0.25) is 0 Å². The summed E-state index contributed by atoms with van der Waals surface area (Å²) in [6.07, 6.45) is 2.41. The maximum Gasteiger partial charge on any atom is 0.303 e. The van der Waals surface area contributed by atoms with Crippen molar-refractivity contribution in [1.82, 2.24) is 0 Å². The lowest BCUT2D eigenvalue weighted by Crippen LogP contribution is -2.04. The van der Waals surface area contributed by atoms with Crippen LogP contribution in [0.1, 0.15) is 25.7 Å². The summed E-state index contributed by atoms with van der Waals surface area (Å²) in [5, 5.41) is 11.7. The number of halogens is 2. The molecule has 0 aliphatic heterocycles. The van der Waals surface area contributed by atoms with Crippen molar-refractivity contribution in [3.05, 3.63) is 29.0 Å². The maximum atomic E-state index is 13.3. The molecular formula is C12H15ClFNO2. The molecule has 1 rings (SSSR count). The number of carboxylic acids is 1. The molecule has 0 atom stereocenters. The molecule has 0 saturated carbocycles. The second-order valence-corrected chi connectivity index (χ2v) is 4.14. The van der Waals surface area contributed by atoms with Crippen LogP contribution in [0.15, 0.2) is 18.2 Å². The van der Waals surface area contributed by atoms with Gasteiger partial charge >= 0.3 is 5.97 Å². The van der Waals surface area contributed by atoms with Gasteiger partial charge in [-0.2, -0.15) is 0 Å². The molecule has 0 radical (unpaired) electrons. The molecule has 0 bridgehead atoms. The second kappa shape index (κ2) is 7.12. The highest BCUT2D eigenvalue weighted by atomic mass is 35.5. The van der Waals surface area contributed by atoms with Gasteiger partial charge in [0.05, 0.1) is 10.7 Å². The van der Waals surface area contributed by atoms with Crippen LogP contribution in [0.4, 0.5) is 10.1 Å². The Morgan fingerprint density at radius 2 is 2.12 bits per heavy atom. The fourth-order valence-electron chi connectivity index (χ4n) is 1.46. The fourth-order valence-corrected chi connectivity index (χ4v) is 1.69. The van der Waals surface area contributed by atoms with E-state index in [0.717, 1.165) is 12.8 Å². The smallest absolute Gasteiger partial charge is 0.303 e. The molecule has 0 unspecified atom stereocenters. The number of hydrogen-bond acceptors (Lipinski definition) is 2. The van der Waals surface area contributed by atoms with Crippen molar-refractivity contribution in [2.45, 2.75) is 25.7 Å². The lowest BCUT2D eigenvalue weighted by molar-refractivity contribution is -0.137. The number of para-hydroxylation sites is 1. The van der Waals surface area contributed by atoms with Crippen LogP contribution in [-0.2, 0) is 4.79 Å². The van der Waals surface area contributed by atoms with Crippen LogP contribution in [0.3, 0.4) is 0 Å². The molecule has 5 heteroatoms. The molecule has 0 aliphatic rings. The maximum absolute atomic E-state index is 13.3. The molecule has 2 N–H and O–H groups in total. The van der Waals surface area contributed by atoms with Gasteiger partial charge in [-0.05, 0) is 25.0 Å². The predicted octanol–water partition coefficient (Wildman–Crippen LogP) is 3.54. The third-order valence-electron chi connectivity index (χ3n) is 2.33. The van der Waals surface area contributed by atoms with Crippen molar-refractivity contribution in [2.24, 2.45) is 0 Å². The number of nitrogens with one attached hydrogen (secondary N) is 1. The zero-order chi connectivity index (χ0) is 12.7. The van der Waals surface area contributed by atoms with E-state index < -0.39 is 5.97 Å². The van der Waals surface area contributed by atoms with E-state index in [0.29, 0.717) is 23.7 Å². The van der Waals surface area contributed by atoms with E-state index in [4.69, 9.17) is 16.7 Å². The number of hydrogen-bond donors (Lipinski definition) is 2. The zero-order valence-corrected chi connectivity index (χ0v) is 10.1. The minimum Gasteiger partial charge on any atom is -0.481 e. The van der Waals surface area contributed by atoms with Gasteiger partial charge in [-0.25, -0.2) is 4.39 Å². The average Bonchev–Trinajstić information content (AvgIpc) is 2.26. The van der Waals surface area contributed by atoms with Crippen LogP contribution in [0.2, 0.25) is 5.02 Å². The van der Waals surface area contributed by atoms with Gasteiger partial charge in [0, 0.05) is 13.0 Å². The van der Waals surface area contributed by atoms with Crippen LogP contribution >= 0.6 is 11.6 Å². The Morgan fingerprint density at radius 3 is 2.76 bits per heavy atom. The number of rotatable bonds is 7. The third kappa shape index (κ3) is 5.04. The molecule has 0 saturated heterocycles. The summed E-state index contributed by atoms with van der Waals surface area (Å²) < 4.78 is 13.3. The fraction of sp³-hybridized carbons (Fsp3) is 0.417. The number of carboxylic acid groups (broad SMARTS) is 1. The number of benzene rings is 1. The van der Waals surface area contributed by atoms with Crippen molar-refractivity contribution in [3.63, 3.8) is 0 Å². The van der Waals surface area contributed by atoms with E-state index in [1.54, 1.807) is 12.1 Å². The SMILES string of the molecule is O=C(O)CCCCCNc1c(F)cccc1Cl. The number of unbranched alkanes of at least 4 members (excludes halogenated alkanes) is 2. The molecule has 3 nitrogen and oxygen atoms in total. The van der Waals surface area contributed by atoms with Gasteiger partial charge in [-0.3, -0.25) is 4.79 Å². The molecule has 0 aromatic heterocycles. The molecule has 0 heterocycles. The van der Waals surface area contributed by atoms with Crippen molar-refractivity contribution in [2.75, 3.05) is 11.9 Å². The zero-order valence-electron chi connectivity index (χ0n) is 9.38. The number of anilines is 1. The Morgan fingerprint density at radius 1 is 1.35 bits per heavy atom. The molecule has 94 valence electrons. The second-order valence-electron chi connectivity index (χ2n) is 3.73. The van der Waals surface area contributed by atoms with E-state index in [1.165, 1.54) is 6.07 Å². The average molecular weight is 260 g/mol. The molecule has 1 aromatic rings. The minimum absolute atomic E-state index is 0.181. The molecule has 17 heavy (non-hydrogen) atoms. The highest BCUT2D eigenvalue weighted by Gasteiger charge is 2.05. The summed E-state index contributed by atoms with van der Waals surface area (Å²) in [6, 6.07) is 4.52. The summed E-state index contributed by atoms with van der Waals surface area (Å²) in [5.41, 5.74) is 0.312. The van der Waals surface area contributed by atoms with Crippen LogP contribution < -0.4 is 5.32 Å². The summed E-state index contributed by atoms with van der Waals surface area (Å²) in [7, 11) is 0. The lowest BCUT2D eigenvalue weighted by Gasteiger charge is -2.08. The molecule has 0 amide bonds. The topological polar surface area (TPSA) is 49.3 Å². The van der Waals surface area contributed by atoms with Crippen molar-refractivity contribution in [3.8, 4) is 0 Å². The third-order valence-corrected chi connectivity index (χ3v) is 2.65. The highest BCUT2D eigenvalue weighted by Crippen LogP contribution is 2.24. The van der Waals surface area contributed by atoms with Crippen molar-refractivity contribution < 1.29 is 14.3 Å². The Hall–Kier alpha value is -1.29. The first-order valence-electron chi connectivity index (χ1n) is 5.51. The first-order valence-corrected chi connectivity index (χ1v) is 5.88. The predicted molar refractivity (Wildman–Crippen MR) is 66.0 cm³/mol. The Kier molecular flexibility index (Phi) is 5.77. The monoisotopic (exact) mass is 259 g/mol. The first kappa shape index (κ1) is 13.8. The van der Waals surface area contributed by atoms with Crippen LogP contribution in [-0.4, -0.2) is 17.6 Å². The van der Waals surface area contributed by atoms with E-state index in [-0.39, 0.29) is 12.2 Å². The van der Waals surface area contributed by atoms with Crippen LogP contribution in [0.25, 0.3) is 0 Å². The molecular weight excluding hydrogens is 245 g/mol. The van der Waals surface area contributed by atoms with Gasteiger partial charge in [-0.1, -0.05) is 24.1 Å². The molecule has 1 aromatic carbocycles. The molecule has 0 fully saturated rings. The summed E-state index contributed by atoms with van der Waals surface area (Å²) in [4.78, 5) is 10.3. The first-order chi connectivity index (χ1) is 8.11. The number of aliphatic carboxylic acids is 1. The standard InChI is InChI=1S/C12H15ClFNO2/c13-9-5-4-6-10(14)12(9)15-8-3-1-2-7-11(16)17/h4-6,15H,1-3,7-8H2,(H,16,17). The van der Waals surface area contributed by atoms with Gasteiger partial charge in [0.15, 0.2) is 0 Å². The van der Waals surface area contributed by atoms with Gasteiger partial charge in [0.1, 0.15) is 5.82 Å². The summed E-state index contributed by atoms with van der Waals surface area (Å²) in [6.45, 7) is 0.584. The van der Waals surface area contributed by atoms with Gasteiger partial charge in [-0.15, -0.1) is 0 Å². The minimum atomic E-state index is -0.782. The summed E-state index contributed by atoms with van der Waals surface area (Å²) >= 11 is 5.83. The molecule has 0 aliphatic carbocycles. The van der Waals surface area contributed by atoms with Gasteiger partial charge < -0.3 is 10.4 Å². The van der Waals surface area contributed by atoms with Crippen LogP contribution in [0.5, 0.6) is 0 Å². The lowest BCUT2D eigenvalue weighted by atomic mass is 10.2. The van der Waals surface area contributed by atoms with E-state index in [1.807, 2.05) is 0 Å². The van der Waals surface area contributed by atoms with E-state index in [2.05, 4.69) is 5.32 Å². The number of carbonyl (C=O) groups is 1. The van der Waals surface area contributed by atoms with Crippen molar-refractivity contribution in [1.29, 1.82) is 0 Å². The quantitative estimate of drug-likeness (QED) is 0.737. The van der Waals surface area contributed by atoms with E-state index in [9.17, 15) is 9.18 Å². The van der Waals surface area contributed by atoms with Crippen molar-refractivity contribution >= 4 is 23.3 Å². The largest absolute Gasteiger partial charge is 0.481 e. The van der Waals surface area contributed by atoms with Crippen LogP contribution in [0, 0.1) is 5.82 Å². The Labute approximate surface area is 105 Å².